The van der Waals surface area contributed by atoms with Crippen molar-refractivity contribution in [3.05, 3.63) is 101 Å². The Morgan fingerprint density at radius 3 is 2.14 bits per heavy atom. The summed E-state index contributed by atoms with van der Waals surface area (Å²) in [6, 6.07) is 23.8. The summed E-state index contributed by atoms with van der Waals surface area (Å²) in [6.07, 6.45) is -1.25. The third-order valence-electron chi connectivity index (χ3n) is 5.96. The monoisotopic (exact) mass is 489 g/mol. The highest BCUT2D eigenvalue weighted by Crippen LogP contribution is 2.28. The van der Waals surface area contributed by atoms with Gasteiger partial charge in [0, 0.05) is 17.8 Å². The number of amides is 1. The molecule has 1 heterocycles. The van der Waals surface area contributed by atoms with Crippen LogP contribution >= 0.6 is 0 Å². The third-order valence-corrected chi connectivity index (χ3v) is 7.75. The largest absolute Gasteiger partial charge is 0.464 e. The Hall–Kier alpha value is -3.91. The second kappa shape index (κ2) is 9.76. The van der Waals surface area contributed by atoms with Crippen LogP contribution < -0.4 is 0 Å². The van der Waals surface area contributed by atoms with E-state index in [-0.39, 0.29) is 17.9 Å². The van der Waals surface area contributed by atoms with Crippen molar-refractivity contribution >= 4 is 16.1 Å². The topological polar surface area (TPSA) is 92.5 Å². The van der Waals surface area contributed by atoms with E-state index in [1.165, 1.54) is 12.1 Å². The molecule has 0 bridgehead atoms. The molecule has 180 valence electrons. The number of sulfonamides is 1. The zero-order valence-electron chi connectivity index (χ0n) is 19.8. The summed E-state index contributed by atoms with van der Waals surface area (Å²) in [4.78, 5) is 11.7. The van der Waals surface area contributed by atoms with E-state index in [0.29, 0.717) is 4.31 Å². The lowest BCUT2D eigenvalue weighted by molar-refractivity contribution is 0.172. The van der Waals surface area contributed by atoms with Gasteiger partial charge in [-0.05, 0) is 62.6 Å². The highest BCUT2D eigenvalue weighted by molar-refractivity contribution is 7.89. The van der Waals surface area contributed by atoms with E-state index < -0.39 is 16.1 Å². The van der Waals surface area contributed by atoms with Crippen LogP contribution in [0.15, 0.2) is 83.8 Å². The molecule has 0 radical (unpaired) electrons. The third kappa shape index (κ3) is 4.97. The lowest BCUT2D eigenvalue weighted by atomic mass is 10.0. The molecule has 0 spiro atoms. The van der Waals surface area contributed by atoms with Gasteiger partial charge < -0.3 is 5.11 Å². The van der Waals surface area contributed by atoms with Crippen LogP contribution in [0.25, 0.3) is 16.8 Å². The number of benzene rings is 3. The Labute approximate surface area is 205 Å². The van der Waals surface area contributed by atoms with Crippen molar-refractivity contribution in [2.24, 2.45) is 0 Å². The van der Waals surface area contributed by atoms with E-state index in [1.54, 1.807) is 12.1 Å². The molecule has 0 saturated carbocycles. The lowest BCUT2D eigenvalue weighted by Crippen LogP contribution is -2.37. The van der Waals surface area contributed by atoms with Gasteiger partial charge in [-0.3, -0.25) is 0 Å². The fraction of sp³-hybridized carbons (Fsp3) is 0.185. The number of hydrogen-bond acceptors (Lipinski definition) is 4. The van der Waals surface area contributed by atoms with Crippen LogP contribution in [0.4, 0.5) is 4.79 Å². The number of hydrogen-bond donors (Lipinski definition) is 1. The van der Waals surface area contributed by atoms with E-state index in [0.717, 1.165) is 39.3 Å². The molecule has 0 saturated heterocycles. The van der Waals surface area contributed by atoms with Gasteiger partial charge in [0.15, 0.2) is 0 Å². The van der Waals surface area contributed by atoms with Crippen molar-refractivity contribution in [2.75, 3.05) is 6.54 Å². The van der Waals surface area contributed by atoms with Gasteiger partial charge in [0.1, 0.15) is 0 Å². The molecule has 1 aromatic heterocycles. The van der Waals surface area contributed by atoms with Gasteiger partial charge in [0.05, 0.1) is 16.3 Å². The zero-order valence-corrected chi connectivity index (χ0v) is 20.7. The summed E-state index contributed by atoms with van der Waals surface area (Å²) in [7, 11) is -4.15. The highest BCUT2D eigenvalue weighted by Gasteiger charge is 2.28. The van der Waals surface area contributed by atoms with Crippen molar-refractivity contribution in [3.63, 3.8) is 0 Å². The quantitative estimate of drug-likeness (QED) is 0.376. The number of carbonyl (C=O) groups is 1. The maximum absolute atomic E-state index is 12.9. The molecule has 4 rings (SSSR count). The van der Waals surface area contributed by atoms with E-state index in [9.17, 15) is 18.3 Å². The molecule has 7 nitrogen and oxygen atoms in total. The average molecular weight is 490 g/mol. The molecule has 0 atom stereocenters. The van der Waals surface area contributed by atoms with E-state index in [1.807, 2.05) is 67.9 Å². The van der Waals surface area contributed by atoms with Crippen LogP contribution in [0.2, 0.25) is 0 Å². The number of nitrogens with zero attached hydrogens (tertiary/aromatic N) is 3. The molecule has 0 aliphatic rings. The molecule has 0 fully saturated rings. The Balaban J connectivity index is 1.53. The second-order valence-electron chi connectivity index (χ2n) is 8.41. The molecule has 0 aliphatic heterocycles. The van der Waals surface area contributed by atoms with Gasteiger partial charge in [-0.2, -0.15) is 5.10 Å². The first-order valence-electron chi connectivity index (χ1n) is 11.2. The minimum Gasteiger partial charge on any atom is -0.464 e. The van der Waals surface area contributed by atoms with E-state index in [2.05, 4.69) is 12.1 Å². The highest BCUT2D eigenvalue weighted by atomic mass is 32.2. The molecule has 8 heteroatoms. The summed E-state index contributed by atoms with van der Waals surface area (Å²) in [5.74, 6) is 0. The minimum atomic E-state index is -4.15. The fourth-order valence-electron chi connectivity index (χ4n) is 4.11. The van der Waals surface area contributed by atoms with Gasteiger partial charge in [0.2, 0.25) is 0 Å². The van der Waals surface area contributed by atoms with Gasteiger partial charge in [0.25, 0.3) is 10.0 Å². The molecular weight excluding hydrogens is 462 g/mol. The maximum Gasteiger partial charge on any atom is 0.421 e. The van der Waals surface area contributed by atoms with Gasteiger partial charge in [-0.25, -0.2) is 22.2 Å². The SMILES string of the molecule is Cc1ccc(S(=O)(=O)N(CCc2ccc(-n3nc(C)c(-c4ccccc4)c3C)cc2)C(=O)O)cc1. The number of aromatic nitrogens is 2. The van der Waals surface area contributed by atoms with Crippen LogP contribution in [0.1, 0.15) is 22.5 Å². The number of aryl methyl sites for hydroxylation is 2. The van der Waals surface area contributed by atoms with E-state index >= 15 is 0 Å². The molecule has 1 amide bonds. The van der Waals surface area contributed by atoms with Crippen molar-refractivity contribution in [2.45, 2.75) is 32.1 Å². The second-order valence-corrected chi connectivity index (χ2v) is 10.3. The van der Waals surface area contributed by atoms with Gasteiger partial charge in [-0.1, -0.05) is 60.2 Å². The molecule has 3 aromatic carbocycles. The minimum absolute atomic E-state index is 0.0420. The summed E-state index contributed by atoms with van der Waals surface area (Å²) < 4.78 is 28.1. The summed E-state index contributed by atoms with van der Waals surface area (Å²) in [5.41, 5.74) is 6.73. The molecule has 0 unspecified atom stereocenters. The van der Waals surface area contributed by atoms with Crippen molar-refractivity contribution in [1.29, 1.82) is 0 Å². The Morgan fingerprint density at radius 2 is 1.54 bits per heavy atom. The number of carboxylic acid groups (broad SMARTS) is 1. The molecule has 1 N–H and O–H groups in total. The first-order chi connectivity index (χ1) is 16.7. The molecule has 0 aliphatic carbocycles. The summed E-state index contributed by atoms with van der Waals surface area (Å²) in [6.45, 7) is 5.67. The van der Waals surface area contributed by atoms with E-state index in [4.69, 9.17) is 5.10 Å². The van der Waals surface area contributed by atoms with Gasteiger partial charge >= 0.3 is 6.09 Å². The van der Waals surface area contributed by atoms with Crippen molar-refractivity contribution in [3.8, 4) is 16.8 Å². The molecular formula is C27H27N3O4S. The molecule has 4 aromatic rings. The predicted octanol–water partition coefficient (Wildman–Crippen LogP) is 5.38. The Morgan fingerprint density at radius 1 is 0.914 bits per heavy atom. The zero-order chi connectivity index (χ0) is 25.2. The van der Waals surface area contributed by atoms with Crippen molar-refractivity contribution < 1.29 is 18.3 Å². The van der Waals surface area contributed by atoms with Crippen LogP contribution in [-0.2, 0) is 16.4 Å². The normalized spacial score (nSPS) is 11.4. The Kier molecular flexibility index (Phi) is 6.75. The van der Waals surface area contributed by atoms with Crippen LogP contribution in [0.5, 0.6) is 0 Å². The lowest BCUT2D eigenvalue weighted by Gasteiger charge is -2.19. The first kappa shape index (κ1) is 24.2. The predicted molar refractivity (Wildman–Crippen MR) is 135 cm³/mol. The maximum atomic E-state index is 12.9. The first-order valence-corrected chi connectivity index (χ1v) is 12.7. The molecule has 35 heavy (non-hydrogen) atoms. The fourth-order valence-corrected chi connectivity index (χ4v) is 5.38. The van der Waals surface area contributed by atoms with Gasteiger partial charge in [-0.15, -0.1) is 0 Å². The summed E-state index contributed by atoms with van der Waals surface area (Å²) in [5, 5.41) is 14.3. The average Bonchev–Trinajstić information content (AvgIpc) is 3.13. The Bertz CT molecular complexity index is 1440. The number of rotatable bonds is 7. The van der Waals surface area contributed by atoms with Crippen molar-refractivity contribution in [1.82, 2.24) is 14.1 Å². The standard InChI is InChI=1S/C27H27N3O4S/c1-19-9-15-25(16-10-19)35(33,34)29(27(31)32)18-17-22-11-13-24(14-12-22)30-21(3)26(20(2)28-30)23-7-5-4-6-8-23/h4-16H,17-18H2,1-3H3,(H,31,32). The smallest absolute Gasteiger partial charge is 0.421 e. The summed E-state index contributed by atoms with van der Waals surface area (Å²) >= 11 is 0. The van der Waals surface area contributed by atoms with Crippen LogP contribution in [0.3, 0.4) is 0 Å². The van der Waals surface area contributed by atoms with Crippen LogP contribution in [0, 0.1) is 20.8 Å². The van der Waals surface area contributed by atoms with Crippen LogP contribution in [-0.4, -0.2) is 40.2 Å².